The maximum Gasteiger partial charge on any atom is 0.307 e. The lowest BCUT2D eigenvalue weighted by atomic mass is 10.3. The van der Waals surface area contributed by atoms with Crippen LogP contribution in [-0.2, 0) is 16.1 Å². The molecule has 0 unspecified atom stereocenters. The Bertz CT molecular complexity index is 345. The highest BCUT2D eigenvalue weighted by Crippen LogP contribution is 2.08. The maximum absolute atomic E-state index is 11.0. The third kappa shape index (κ3) is 5.23. The van der Waals surface area contributed by atoms with Gasteiger partial charge in [-0.3, -0.25) is 9.78 Å². The fourth-order valence-corrected chi connectivity index (χ4v) is 1.62. The third-order valence-electron chi connectivity index (χ3n) is 1.90. The molecule has 0 aromatic carbocycles. The number of halogens is 1. The number of hydrogen-bond acceptors (Lipinski definition) is 4. The summed E-state index contributed by atoms with van der Waals surface area (Å²) in [6, 6.07) is 1.99. The van der Waals surface area contributed by atoms with Gasteiger partial charge in [-0.25, -0.2) is 0 Å². The predicted molar refractivity (Wildman–Crippen MR) is 64.9 cm³/mol. The van der Waals surface area contributed by atoms with E-state index in [0.29, 0.717) is 26.1 Å². The standard InChI is InChI=1S/C11H15BrN2O2/c1-2-16-11(15)3-4-13-6-9-5-10(12)8-14-7-9/h5,7-8,13H,2-4,6H2,1H3. The molecule has 0 aliphatic rings. The first-order chi connectivity index (χ1) is 7.72. The van der Waals surface area contributed by atoms with Gasteiger partial charge in [-0.2, -0.15) is 0 Å². The molecule has 1 aromatic heterocycles. The number of hydrogen-bond donors (Lipinski definition) is 1. The first kappa shape index (κ1) is 13.1. The topological polar surface area (TPSA) is 51.2 Å². The molecule has 0 atom stereocenters. The maximum atomic E-state index is 11.0. The van der Waals surface area contributed by atoms with E-state index in [9.17, 15) is 4.79 Å². The summed E-state index contributed by atoms with van der Waals surface area (Å²) >= 11 is 3.35. The van der Waals surface area contributed by atoms with E-state index in [1.54, 1.807) is 19.3 Å². The van der Waals surface area contributed by atoms with Crippen LogP contribution in [0, 0.1) is 0 Å². The highest BCUT2D eigenvalue weighted by molar-refractivity contribution is 9.10. The van der Waals surface area contributed by atoms with Gasteiger partial charge in [0, 0.05) is 30.0 Å². The van der Waals surface area contributed by atoms with E-state index in [1.165, 1.54) is 0 Å². The smallest absolute Gasteiger partial charge is 0.307 e. The van der Waals surface area contributed by atoms with Crippen LogP contribution in [0.2, 0.25) is 0 Å². The summed E-state index contributed by atoms with van der Waals surface area (Å²) in [5.74, 6) is -0.164. The Hall–Kier alpha value is -0.940. The van der Waals surface area contributed by atoms with E-state index < -0.39 is 0 Å². The molecular weight excluding hydrogens is 272 g/mol. The zero-order valence-electron chi connectivity index (χ0n) is 9.20. The third-order valence-corrected chi connectivity index (χ3v) is 2.34. The largest absolute Gasteiger partial charge is 0.466 e. The highest BCUT2D eigenvalue weighted by Gasteiger charge is 2.00. The van der Waals surface area contributed by atoms with Crippen molar-refractivity contribution in [3.63, 3.8) is 0 Å². The molecule has 1 N–H and O–H groups in total. The lowest BCUT2D eigenvalue weighted by Gasteiger charge is -2.04. The molecule has 0 saturated heterocycles. The summed E-state index contributed by atoms with van der Waals surface area (Å²) in [7, 11) is 0. The van der Waals surface area contributed by atoms with Crippen molar-refractivity contribution >= 4 is 21.9 Å². The fourth-order valence-electron chi connectivity index (χ4n) is 1.21. The van der Waals surface area contributed by atoms with Crippen molar-refractivity contribution < 1.29 is 9.53 Å². The van der Waals surface area contributed by atoms with Crippen molar-refractivity contribution in [1.82, 2.24) is 10.3 Å². The molecule has 1 heterocycles. The van der Waals surface area contributed by atoms with Gasteiger partial charge in [0.25, 0.3) is 0 Å². The molecule has 0 radical (unpaired) electrons. The number of nitrogens with zero attached hydrogens (tertiary/aromatic N) is 1. The van der Waals surface area contributed by atoms with Crippen LogP contribution in [0.15, 0.2) is 22.9 Å². The van der Waals surface area contributed by atoms with Crippen LogP contribution < -0.4 is 5.32 Å². The number of pyridine rings is 1. The van der Waals surface area contributed by atoms with Gasteiger partial charge in [-0.1, -0.05) is 0 Å². The molecule has 1 aromatic rings. The van der Waals surface area contributed by atoms with Crippen molar-refractivity contribution in [2.24, 2.45) is 0 Å². The van der Waals surface area contributed by atoms with Gasteiger partial charge in [0.2, 0.25) is 0 Å². The van der Waals surface area contributed by atoms with Crippen molar-refractivity contribution in [3.05, 3.63) is 28.5 Å². The summed E-state index contributed by atoms with van der Waals surface area (Å²) in [4.78, 5) is 15.1. The molecule has 0 aliphatic carbocycles. The van der Waals surface area contributed by atoms with Crippen molar-refractivity contribution in [2.75, 3.05) is 13.2 Å². The second-order valence-electron chi connectivity index (χ2n) is 3.24. The minimum absolute atomic E-state index is 0.164. The van der Waals surface area contributed by atoms with E-state index >= 15 is 0 Å². The zero-order valence-corrected chi connectivity index (χ0v) is 10.8. The number of rotatable bonds is 6. The molecular formula is C11H15BrN2O2. The van der Waals surface area contributed by atoms with Crippen LogP contribution in [0.1, 0.15) is 18.9 Å². The molecule has 5 heteroatoms. The van der Waals surface area contributed by atoms with Crippen LogP contribution in [0.5, 0.6) is 0 Å². The normalized spacial score (nSPS) is 10.1. The SMILES string of the molecule is CCOC(=O)CCNCc1cncc(Br)c1. The Kier molecular flexibility index (Phi) is 6.03. The molecule has 16 heavy (non-hydrogen) atoms. The molecule has 0 spiro atoms. The monoisotopic (exact) mass is 286 g/mol. The Morgan fingerprint density at radius 2 is 2.38 bits per heavy atom. The summed E-state index contributed by atoms with van der Waals surface area (Å²) in [5, 5.41) is 3.16. The summed E-state index contributed by atoms with van der Waals surface area (Å²) < 4.78 is 5.77. The van der Waals surface area contributed by atoms with E-state index in [0.717, 1.165) is 10.0 Å². The quantitative estimate of drug-likeness (QED) is 0.641. The molecule has 0 amide bonds. The minimum Gasteiger partial charge on any atom is -0.466 e. The number of esters is 1. The molecule has 0 bridgehead atoms. The number of aromatic nitrogens is 1. The average Bonchev–Trinajstić information content (AvgIpc) is 2.25. The number of carbonyl (C=O) groups is 1. The second-order valence-corrected chi connectivity index (χ2v) is 4.16. The molecule has 0 aliphatic heterocycles. The van der Waals surface area contributed by atoms with Gasteiger partial charge in [0.05, 0.1) is 13.0 Å². The zero-order chi connectivity index (χ0) is 11.8. The van der Waals surface area contributed by atoms with Crippen LogP contribution in [0.25, 0.3) is 0 Å². The Morgan fingerprint density at radius 1 is 1.56 bits per heavy atom. The van der Waals surface area contributed by atoms with E-state index in [2.05, 4.69) is 26.2 Å². The first-order valence-corrected chi connectivity index (χ1v) is 5.97. The summed E-state index contributed by atoms with van der Waals surface area (Å²) in [6.45, 7) is 3.56. The number of ether oxygens (including phenoxy) is 1. The summed E-state index contributed by atoms with van der Waals surface area (Å²) in [6.07, 6.45) is 3.93. The Labute approximate surface area is 104 Å². The van der Waals surface area contributed by atoms with Gasteiger partial charge in [0.15, 0.2) is 0 Å². The van der Waals surface area contributed by atoms with Gasteiger partial charge in [-0.15, -0.1) is 0 Å². The van der Waals surface area contributed by atoms with Crippen LogP contribution >= 0.6 is 15.9 Å². The van der Waals surface area contributed by atoms with Crippen molar-refractivity contribution in [1.29, 1.82) is 0 Å². The Morgan fingerprint density at radius 3 is 3.06 bits per heavy atom. The summed E-state index contributed by atoms with van der Waals surface area (Å²) in [5.41, 5.74) is 1.08. The van der Waals surface area contributed by atoms with Gasteiger partial charge >= 0.3 is 5.97 Å². The number of carbonyl (C=O) groups excluding carboxylic acids is 1. The number of nitrogens with one attached hydrogen (secondary N) is 1. The lowest BCUT2D eigenvalue weighted by molar-refractivity contribution is -0.142. The molecule has 0 saturated carbocycles. The Balaban J connectivity index is 2.18. The van der Waals surface area contributed by atoms with E-state index in [1.807, 2.05) is 6.07 Å². The van der Waals surface area contributed by atoms with Gasteiger partial charge in [-0.05, 0) is 34.5 Å². The molecule has 0 fully saturated rings. The van der Waals surface area contributed by atoms with Crippen LogP contribution in [0.4, 0.5) is 0 Å². The average molecular weight is 287 g/mol. The lowest BCUT2D eigenvalue weighted by Crippen LogP contribution is -2.19. The highest BCUT2D eigenvalue weighted by atomic mass is 79.9. The fraction of sp³-hybridized carbons (Fsp3) is 0.455. The van der Waals surface area contributed by atoms with Crippen LogP contribution in [0.3, 0.4) is 0 Å². The molecule has 4 nitrogen and oxygen atoms in total. The van der Waals surface area contributed by atoms with Gasteiger partial charge < -0.3 is 10.1 Å². The van der Waals surface area contributed by atoms with Crippen molar-refractivity contribution in [3.8, 4) is 0 Å². The van der Waals surface area contributed by atoms with Gasteiger partial charge in [0.1, 0.15) is 0 Å². The van der Waals surface area contributed by atoms with E-state index in [4.69, 9.17) is 4.74 Å². The minimum atomic E-state index is -0.164. The second kappa shape index (κ2) is 7.35. The van der Waals surface area contributed by atoms with Crippen molar-refractivity contribution in [2.45, 2.75) is 19.9 Å². The molecule has 1 rings (SSSR count). The first-order valence-electron chi connectivity index (χ1n) is 5.18. The predicted octanol–water partition coefficient (Wildman–Crippen LogP) is 1.89. The van der Waals surface area contributed by atoms with Crippen LogP contribution in [-0.4, -0.2) is 24.1 Å². The van der Waals surface area contributed by atoms with E-state index in [-0.39, 0.29) is 5.97 Å². The molecule has 88 valence electrons.